The Morgan fingerprint density at radius 2 is 1.29 bits per heavy atom. The summed E-state index contributed by atoms with van der Waals surface area (Å²) >= 11 is 0. The summed E-state index contributed by atoms with van der Waals surface area (Å²) in [5, 5.41) is 0. The van der Waals surface area contributed by atoms with E-state index in [1.807, 2.05) is 0 Å². The molecule has 100 valence electrons. The molecule has 0 N–H and O–H groups in total. The average Bonchev–Trinajstić information content (AvgIpc) is 2.39. The third kappa shape index (κ3) is 4.00. The Morgan fingerprint density at radius 1 is 0.765 bits per heavy atom. The van der Waals surface area contributed by atoms with Gasteiger partial charge in [0.1, 0.15) is 0 Å². The fourth-order valence-electron chi connectivity index (χ4n) is 4.14. The van der Waals surface area contributed by atoms with Crippen LogP contribution in [0, 0.1) is 17.3 Å². The maximum Gasteiger partial charge on any atom is -0.0326 e. The van der Waals surface area contributed by atoms with Gasteiger partial charge < -0.3 is 0 Å². The quantitative estimate of drug-likeness (QED) is 0.565. The summed E-state index contributed by atoms with van der Waals surface area (Å²) < 4.78 is 0. The van der Waals surface area contributed by atoms with Crippen LogP contribution in [0.3, 0.4) is 0 Å². The van der Waals surface area contributed by atoms with E-state index in [-0.39, 0.29) is 0 Å². The molecule has 0 heterocycles. The van der Waals surface area contributed by atoms with Crippen LogP contribution in [0.5, 0.6) is 0 Å². The van der Waals surface area contributed by atoms with Gasteiger partial charge in [0, 0.05) is 0 Å². The van der Waals surface area contributed by atoms with Crippen molar-refractivity contribution in [3.05, 3.63) is 0 Å². The molecule has 0 nitrogen and oxygen atoms in total. The molecule has 2 aliphatic carbocycles. The molecule has 2 saturated carbocycles. The standard InChI is InChI=1S/C17H32/c1-17(2,16-11-7-4-8-12-16)14-13-15-9-5-3-6-10-15/h15-16H,3-14H2,1-2H3. The zero-order chi connectivity index (χ0) is 12.1. The molecule has 0 spiro atoms. The maximum absolute atomic E-state index is 2.55. The minimum Gasteiger partial charge on any atom is -0.0596 e. The molecule has 0 unspecified atom stereocenters. The molecular weight excluding hydrogens is 204 g/mol. The highest BCUT2D eigenvalue weighted by Gasteiger charge is 2.30. The number of hydrogen-bond donors (Lipinski definition) is 0. The molecule has 17 heavy (non-hydrogen) atoms. The van der Waals surface area contributed by atoms with Gasteiger partial charge in [0.05, 0.1) is 0 Å². The van der Waals surface area contributed by atoms with Crippen LogP contribution in [0.4, 0.5) is 0 Å². The Labute approximate surface area is 109 Å². The lowest BCUT2D eigenvalue weighted by Gasteiger charge is -2.38. The topological polar surface area (TPSA) is 0 Å². The Kier molecular flexibility index (Phi) is 4.94. The van der Waals surface area contributed by atoms with Gasteiger partial charge in [0.15, 0.2) is 0 Å². The molecule has 0 aliphatic heterocycles. The van der Waals surface area contributed by atoms with Crippen molar-refractivity contribution in [1.82, 2.24) is 0 Å². The van der Waals surface area contributed by atoms with Gasteiger partial charge in [-0.3, -0.25) is 0 Å². The van der Waals surface area contributed by atoms with Gasteiger partial charge in [0.25, 0.3) is 0 Å². The molecule has 0 heteroatoms. The summed E-state index contributed by atoms with van der Waals surface area (Å²) in [4.78, 5) is 0. The van der Waals surface area contributed by atoms with E-state index in [0.29, 0.717) is 5.41 Å². The molecule has 0 aromatic heterocycles. The van der Waals surface area contributed by atoms with Crippen molar-refractivity contribution >= 4 is 0 Å². The zero-order valence-corrected chi connectivity index (χ0v) is 12.1. The van der Waals surface area contributed by atoms with Crippen molar-refractivity contribution in [2.24, 2.45) is 17.3 Å². The summed E-state index contributed by atoms with van der Waals surface area (Å²) in [6, 6.07) is 0. The van der Waals surface area contributed by atoms with Crippen LogP contribution in [0.15, 0.2) is 0 Å². The van der Waals surface area contributed by atoms with Gasteiger partial charge >= 0.3 is 0 Å². The first-order chi connectivity index (χ1) is 8.18. The first-order valence-corrected chi connectivity index (χ1v) is 8.18. The minimum atomic E-state index is 0.623. The minimum absolute atomic E-state index is 0.623. The van der Waals surface area contributed by atoms with Gasteiger partial charge in [-0.25, -0.2) is 0 Å². The van der Waals surface area contributed by atoms with Gasteiger partial charge in [-0.05, 0) is 42.9 Å². The Balaban J connectivity index is 1.75. The summed E-state index contributed by atoms with van der Waals surface area (Å²) in [6.07, 6.45) is 18.1. The largest absolute Gasteiger partial charge is 0.0596 e. The van der Waals surface area contributed by atoms with Gasteiger partial charge in [-0.15, -0.1) is 0 Å². The first-order valence-electron chi connectivity index (χ1n) is 8.18. The van der Waals surface area contributed by atoms with E-state index in [1.54, 1.807) is 0 Å². The lowest BCUT2D eigenvalue weighted by molar-refractivity contribution is 0.130. The molecular formula is C17H32. The van der Waals surface area contributed by atoms with Crippen molar-refractivity contribution in [2.75, 3.05) is 0 Å². The molecule has 2 aliphatic rings. The Bertz CT molecular complexity index is 204. The van der Waals surface area contributed by atoms with Crippen molar-refractivity contribution in [3.8, 4) is 0 Å². The van der Waals surface area contributed by atoms with Crippen molar-refractivity contribution in [3.63, 3.8) is 0 Å². The van der Waals surface area contributed by atoms with E-state index in [9.17, 15) is 0 Å². The van der Waals surface area contributed by atoms with Crippen molar-refractivity contribution in [1.29, 1.82) is 0 Å². The van der Waals surface area contributed by atoms with E-state index < -0.39 is 0 Å². The SMILES string of the molecule is CC(C)(CCC1CCCCC1)C1CCCCC1. The third-order valence-electron chi connectivity index (χ3n) is 5.63. The highest BCUT2D eigenvalue weighted by molar-refractivity contribution is 4.82. The van der Waals surface area contributed by atoms with Crippen LogP contribution < -0.4 is 0 Å². The molecule has 0 atom stereocenters. The lowest BCUT2D eigenvalue weighted by atomic mass is 9.67. The van der Waals surface area contributed by atoms with Crippen LogP contribution in [-0.2, 0) is 0 Å². The predicted molar refractivity (Wildman–Crippen MR) is 76.2 cm³/mol. The molecule has 0 aromatic carbocycles. The molecule has 0 bridgehead atoms. The fourth-order valence-corrected chi connectivity index (χ4v) is 4.14. The second kappa shape index (κ2) is 6.25. The second-order valence-corrected chi connectivity index (χ2v) is 7.37. The summed E-state index contributed by atoms with van der Waals surface area (Å²) in [5.41, 5.74) is 0.623. The third-order valence-corrected chi connectivity index (χ3v) is 5.63. The zero-order valence-electron chi connectivity index (χ0n) is 12.1. The van der Waals surface area contributed by atoms with Crippen LogP contribution in [0.25, 0.3) is 0 Å². The molecule has 2 fully saturated rings. The molecule has 0 amide bonds. The smallest absolute Gasteiger partial charge is 0.0326 e. The second-order valence-electron chi connectivity index (χ2n) is 7.37. The molecule has 0 radical (unpaired) electrons. The number of rotatable bonds is 4. The lowest BCUT2D eigenvalue weighted by Crippen LogP contribution is -2.27. The van der Waals surface area contributed by atoms with Gasteiger partial charge in [-0.2, -0.15) is 0 Å². The van der Waals surface area contributed by atoms with Crippen LogP contribution in [0.1, 0.15) is 90.9 Å². The summed E-state index contributed by atoms with van der Waals surface area (Å²) in [5.74, 6) is 2.10. The van der Waals surface area contributed by atoms with E-state index in [0.717, 1.165) is 11.8 Å². The van der Waals surface area contributed by atoms with E-state index in [2.05, 4.69) is 13.8 Å². The van der Waals surface area contributed by atoms with Crippen LogP contribution in [0.2, 0.25) is 0 Å². The predicted octanol–water partition coefficient (Wildman–Crippen LogP) is 5.95. The summed E-state index contributed by atoms with van der Waals surface area (Å²) in [6.45, 7) is 5.09. The Hall–Kier alpha value is 0. The maximum atomic E-state index is 2.55. The molecule has 0 saturated heterocycles. The van der Waals surface area contributed by atoms with Gasteiger partial charge in [0.2, 0.25) is 0 Å². The van der Waals surface area contributed by atoms with Crippen LogP contribution in [-0.4, -0.2) is 0 Å². The average molecular weight is 236 g/mol. The monoisotopic (exact) mass is 236 g/mol. The molecule has 2 rings (SSSR count). The highest BCUT2D eigenvalue weighted by atomic mass is 14.4. The van der Waals surface area contributed by atoms with Gasteiger partial charge in [-0.1, -0.05) is 65.2 Å². The summed E-state index contributed by atoms with van der Waals surface area (Å²) in [7, 11) is 0. The Morgan fingerprint density at radius 3 is 1.88 bits per heavy atom. The van der Waals surface area contributed by atoms with E-state index >= 15 is 0 Å². The fraction of sp³-hybridized carbons (Fsp3) is 1.00. The normalized spacial score (nSPS) is 25.1. The van der Waals surface area contributed by atoms with Crippen LogP contribution >= 0.6 is 0 Å². The van der Waals surface area contributed by atoms with E-state index in [4.69, 9.17) is 0 Å². The van der Waals surface area contributed by atoms with E-state index in [1.165, 1.54) is 77.0 Å². The van der Waals surface area contributed by atoms with Crippen molar-refractivity contribution in [2.45, 2.75) is 90.9 Å². The number of hydrogen-bond acceptors (Lipinski definition) is 0. The highest BCUT2D eigenvalue weighted by Crippen LogP contribution is 2.43. The van der Waals surface area contributed by atoms with Crippen molar-refractivity contribution < 1.29 is 0 Å². The molecule has 0 aromatic rings. The first kappa shape index (κ1) is 13.4.